The SMILES string of the molecule is CN1CCCC2CN(C(N)=NC(C)(C)C)CCC21. The molecule has 0 spiro atoms. The molecule has 2 N–H and O–H groups in total. The molecule has 104 valence electrons. The fourth-order valence-electron chi connectivity index (χ4n) is 3.27. The molecule has 2 aliphatic rings. The molecular weight excluding hydrogens is 224 g/mol. The number of piperidine rings is 2. The average molecular weight is 252 g/mol. The molecule has 0 bridgehead atoms. The van der Waals surface area contributed by atoms with E-state index in [9.17, 15) is 0 Å². The van der Waals surface area contributed by atoms with E-state index in [-0.39, 0.29) is 5.54 Å². The predicted molar refractivity (Wildman–Crippen MR) is 76.7 cm³/mol. The molecule has 0 radical (unpaired) electrons. The van der Waals surface area contributed by atoms with E-state index < -0.39 is 0 Å². The van der Waals surface area contributed by atoms with E-state index in [0.29, 0.717) is 0 Å². The van der Waals surface area contributed by atoms with E-state index in [1.807, 2.05) is 0 Å². The highest BCUT2D eigenvalue weighted by atomic mass is 15.3. The molecule has 2 aliphatic heterocycles. The summed E-state index contributed by atoms with van der Waals surface area (Å²) >= 11 is 0. The number of guanidine groups is 1. The molecule has 0 aliphatic carbocycles. The quantitative estimate of drug-likeness (QED) is 0.525. The zero-order chi connectivity index (χ0) is 13.3. The van der Waals surface area contributed by atoms with Gasteiger partial charge in [-0.1, -0.05) is 0 Å². The van der Waals surface area contributed by atoms with Crippen LogP contribution in [-0.4, -0.2) is 54.0 Å². The fraction of sp³-hybridized carbons (Fsp3) is 0.929. The van der Waals surface area contributed by atoms with Crippen molar-refractivity contribution < 1.29 is 0 Å². The standard InChI is InChI=1S/C14H28N4/c1-14(2,3)16-13(15)18-9-7-12-11(10-18)6-5-8-17(12)4/h11-12H,5-10H2,1-4H3,(H2,15,16). The van der Waals surface area contributed by atoms with Gasteiger partial charge in [-0.25, -0.2) is 4.99 Å². The molecule has 2 rings (SSSR count). The lowest BCUT2D eigenvalue weighted by molar-refractivity contribution is 0.0625. The second-order valence-corrected chi connectivity index (χ2v) is 6.83. The summed E-state index contributed by atoms with van der Waals surface area (Å²) in [6.07, 6.45) is 3.89. The van der Waals surface area contributed by atoms with Crippen molar-refractivity contribution in [1.82, 2.24) is 9.80 Å². The van der Waals surface area contributed by atoms with Gasteiger partial charge in [0.05, 0.1) is 5.54 Å². The summed E-state index contributed by atoms with van der Waals surface area (Å²) in [6.45, 7) is 9.69. The maximum Gasteiger partial charge on any atom is 0.191 e. The van der Waals surface area contributed by atoms with Gasteiger partial charge in [-0.3, -0.25) is 0 Å². The third kappa shape index (κ3) is 3.16. The number of aliphatic imine (C=N–C) groups is 1. The first kappa shape index (κ1) is 13.7. The van der Waals surface area contributed by atoms with Crippen molar-refractivity contribution >= 4 is 5.96 Å². The van der Waals surface area contributed by atoms with E-state index in [1.165, 1.54) is 25.8 Å². The van der Waals surface area contributed by atoms with Crippen molar-refractivity contribution in [2.24, 2.45) is 16.6 Å². The molecule has 4 heteroatoms. The number of hydrogen-bond acceptors (Lipinski definition) is 2. The number of hydrogen-bond donors (Lipinski definition) is 1. The van der Waals surface area contributed by atoms with Crippen LogP contribution in [-0.2, 0) is 0 Å². The summed E-state index contributed by atoms with van der Waals surface area (Å²) in [5.41, 5.74) is 6.07. The lowest BCUT2D eigenvalue weighted by Gasteiger charge is -2.46. The molecule has 4 nitrogen and oxygen atoms in total. The third-order valence-electron chi connectivity index (χ3n) is 4.12. The fourth-order valence-corrected chi connectivity index (χ4v) is 3.27. The Hall–Kier alpha value is -0.770. The van der Waals surface area contributed by atoms with Crippen LogP contribution in [0.1, 0.15) is 40.0 Å². The van der Waals surface area contributed by atoms with E-state index in [4.69, 9.17) is 5.73 Å². The second-order valence-electron chi connectivity index (χ2n) is 6.83. The highest BCUT2D eigenvalue weighted by Gasteiger charge is 2.34. The largest absolute Gasteiger partial charge is 0.370 e. The van der Waals surface area contributed by atoms with Gasteiger partial charge < -0.3 is 15.5 Å². The van der Waals surface area contributed by atoms with Crippen molar-refractivity contribution in [3.63, 3.8) is 0 Å². The summed E-state index contributed by atoms with van der Waals surface area (Å²) < 4.78 is 0. The third-order valence-corrected chi connectivity index (χ3v) is 4.12. The summed E-state index contributed by atoms with van der Waals surface area (Å²) in [4.78, 5) is 9.41. The summed E-state index contributed by atoms with van der Waals surface area (Å²) in [5.74, 6) is 1.50. The van der Waals surface area contributed by atoms with E-state index in [2.05, 4.69) is 42.6 Å². The molecule has 2 unspecified atom stereocenters. The first-order chi connectivity index (χ1) is 8.37. The van der Waals surface area contributed by atoms with Gasteiger partial charge in [-0.05, 0) is 59.5 Å². The Labute approximate surface area is 111 Å². The number of fused-ring (bicyclic) bond motifs is 1. The van der Waals surface area contributed by atoms with Crippen molar-refractivity contribution in [2.45, 2.75) is 51.6 Å². The minimum Gasteiger partial charge on any atom is -0.370 e. The first-order valence-corrected chi connectivity index (χ1v) is 7.17. The highest BCUT2D eigenvalue weighted by molar-refractivity contribution is 5.78. The van der Waals surface area contributed by atoms with Crippen LogP contribution < -0.4 is 5.73 Å². The molecule has 2 saturated heterocycles. The van der Waals surface area contributed by atoms with Gasteiger partial charge in [-0.2, -0.15) is 0 Å². The van der Waals surface area contributed by atoms with Gasteiger partial charge in [0.1, 0.15) is 0 Å². The zero-order valence-electron chi connectivity index (χ0n) is 12.3. The van der Waals surface area contributed by atoms with Gasteiger partial charge in [-0.15, -0.1) is 0 Å². The summed E-state index contributed by atoms with van der Waals surface area (Å²) in [7, 11) is 2.26. The van der Waals surface area contributed by atoms with Gasteiger partial charge in [0.2, 0.25) is 0 Å². The van der Waals surface area contributed by atoms with Crippen LogP contribution in [0.2, 0.25) is 0 Å². The van der Waals surface area contributed by atoms with Crippen LogP contribution in [0.3, 0.4) is 0 Å². The molecule has 2 atom stereocenters. The van der Waals surface area contributed by atoms with Crippen LogP contribution >= 0.6 is 0 Å². The molecule has 18 heavy (non-hydrogen) atoms. The van der Waals surface area contributed by atoms with Crippen LogP contribution in [0.4, 0.5) is 0 Å². The Kier molecular flexibility index (Phi) is 3.85. The smallest absolute Gasteiger partial charge is 0.191 e. The molecule has 2 fully saturated rings. The van der Waals surface area contributed by atoms with Crippen molar-refractivity contribution in [1.29, 1.82) is 0 Å². The molecule has 0 saturated carbocycles. The van der Waals surface area contributed by atoms with Crippen molar-refractivity contribution in [3.05, 3.63) is 0 Å². The Morgan fingerprint density at radius 2 is 1.94 bits per heavy atom. The van der Waals surface area contributed by atoms with Crippen LogP contribution in [0.5, 0.6) is 0 Å². The first-order valence-electron chi connectivity index (χ1n) is 7.17. The number of likely N-dealkylation sites (tertiary alicyclic amines) is 2. The number of rotatable bonds is 0. The van der Waals surface area contributed by atoms with E-state index in [1.54, 1.807) is 0 Å². The molecule has 2 heterocycles. The second kappa shape index (κ2) is 5.08. The van der Waals surface area contributed by atoms with Crippen LogP contribution in [0, 0.1) is 5.92 Å². The van der Waals surface area contributed by atoms with Gasteiger partial charge in [0, 0.05) is 19.1 Å². The van der Waals surface area contributed by atoms with Gasteiger partial charge in [0.25, 0.3) is 0 Å². The molecule has 0 aromatic heterocycles. The predicted octanol–water partition coefficient (Wildman–Crippen LogP) is 1.52. The van der Waals surface area contributed by atoms with E-state index >= 15 is 0 Å². The van der Waals surface area contributed by atoms with Crippen molar-refractivity contribution in [2.75, 3.05) is 26.7 Å². The summed E-state index contributed by atoms with van der Waals surface area (Å²) in [5, 5.41) is 0. The average Bonchev–Trinajstić information content (AvgIpc) is 2.26. The minimum atomic E-state index is -0.0791. The lowest BCUT2D eigenvalue weighted by Crippen LogP contribution is -2.55. The van der Waals surface area contributed by atoms with Crippen molar-refractivity contribution in [3.8, 4) is 0 Å². The Balaban J connectivity index is 2.00. The van der Waals surface area contributed by atoms with Crippen LogP contribution in [0.25, 0.3) is 0 Å². The Morgan fingerprint density at radius 1 is 1.22 bits per heavy atom. The topological polar surface area (TPSA) is 44.9 Å². The number of nitrogens with two attached hydrogens (primary N) is 1. The summed E-state index contributed by atoms with van der Waals surface area (Å²) in [6, 6.07) is 0.762. The maximum atomic E-state index is 6.15. The normalized spacial score (nSPS) is 31.3. The Bertz CT molecular complexity index is 318. The molecule has 0 aromatic carbocycles. The Morgan fingerprint density at radius 3 is 2.61 bits per heavy atom. The minimum absolute atomic E-state index is 0.0791. The van der Waals surface area contributed by atoms with Gasteiger partial charge in [0.15, 0.2) is 5.96 Å². The lowest BCUT2D eigenvalue weighted by atomic mass is 9.84. The molecule has 0 amide bonds. The monoisotopic (exact) mass is 252 g/mol. The number of nitrogens with zero attached hydrogens (tertiary/aromatic N) is 3. The zero-order valence-corrected chi connectivity index (χ0v) is 12.3. The molecule has 0 aromatic rings. The van der Waals surface area contributed by atoms with E-state index in [0.717, 1.165) is 31.0 Å². The maximum absolute atomic E-state index is 6.15. The molecular formula is C14H28N4. The highest BCUT2D eigenvalue weighted by Crippen LogP contribution is 2.29. The van der Waals surface area contributed by atoms with Crippen LogP contribution in [0.15, 0.2) is 4.99 Å². The van der Waals surface area contributed by atoms with Gasteiger partial charge >= 0.3 is 0 Å².